The molecule has 0 saturated carbocycles. The van der Waals surface area contributed by atoms with Crippen molar-refractivity contribution >= 4 is 9.84 Å². The lowest BCUT2D eigenvalue weighted by atomic mass is 10.1. The molecule has 1 atom stereocenters. The van der Waals surface area contributed by atoms with Crippen molar-refractivity contribution in [3.05, 3.63) is 59.7 Å². The molecule has 2 aromatic carbocycles. The van der Waals surface area contributed by atoms with Crippen LogP contribution in [-0.4, -0.2) is 19.8 Å². The second-order valence-corrected chi connectivity index (χ2v) is 7.13. The maximum absolute atomic E-state index is 11.4. The summed E-state index contributed by atoms with van der Waals surface area (Å²) in [5.74, 6) is 0.253. The van der Waals surface area contributed by atoms with Gasteiger partial charge in [-0.1, -0.05) is 24.3 Å². The van der Waals surface area contributed by atoms with Crippen LogP contribution in [0, 0.1) is 0 Å². The molecule has 0 fully saturated rings. The number of aromatic hydroxyl groups is 1. The van der Waals surface area contributed by atoms with Crippen molar-refractivity contribution in [1.82, 2.24) is 5.32 Å². The van der Waals surface area contributed by atoms with E-state index in [9.17, 15) is 13.5 Å². The Morgan fingerprint density at radius 2 is 1.62 bits per heavy atom. The maximum Gasteiger partial charge on any atom is 0.175 e. The molecule has 0 saturated heterocycles. The van der Waals surface area contributed by atoms with Crippen LogP contribution in [0.3, 0.4) is 0 Å². The number of rotatable bonds is 5. The second-order valence-electron chi connectivity index (χ2n) is 5.11. The molecule has 2 N–H and O–H groups in total. The maximum atomic E-state index is 11.4. The quantitative estimate of drug-likeness (QED) is 0.891. The first-order valence-electron chi connectivity index (χ1n) is 6.67. The standard InChI is InChI=1S/C16H19NO3S/c1-12(17-11-13-3-7-15(18)8-4-13)14-5-9-16(10-6-14)21(2,19)20/h3-10,12,17-18H,11H2,1-2H3. The Morgan fingerprint density at radius 1 is 1.05 bits per heavy atom. The molecule has 0 spiro atoms. The Kier molecular flexibility index (Phi) is 4.65. The summed E-state index contributed by atoms with van der Waals surface area (Å²) < 4.78 is 22.8. The third kappa shape index (κ3) is 4.31. The molecule has 0 aliphatic heterocycles. The van der Waals surface area contributed by atoms with Gasteiger partial charge in [-0.05, 0) is 42.3 Å². The van der Waals surface area contributed by atoms with Crippen LogP contribution < -0.4 is 5.32 Å². The van der Waals surface area contributed by atoms with Crippen molar-refractivity contribution in [2.24, 2.45) is 0 Å². The average molecular weight is 305 g/mol. The van der Waals surface area contributed by atoms with Crippen LogP contribution in [-0.2, 0) is 16.4 Å². The molecule has 2 aromatic rings. The molecule has 0 radical (unpaired) electrons. The molecule has 0 amide bonds. The first-order valence-corrected chi connectivity index (χ1v) is 8.57. The monoisotopic (exact) mass is 305 g/mol. The highest BCUT2D eigenvalue weighted by Gasteiger charge is 2.09. The first-order chi connectivity index (χ1) is 9.86. The zero-order valence-corrected chi connectivity index (χ0v) is 12.9. The zero-order valence-electron chi connectivity index (χ0n) is 12.1. The van der Waals surface area contributed by atoms with Crippen LogP contribution in [0.1, 0.15) is 24.1 Å². The lowest BCUT2D eigenvalue weighted by Gasteiger charge is -2.14. The smallest absolute Gasteiger partial charge is 0.175 e. The third-order valence-corrected chi connectivity index (χ3v) is 4.49. The summed E-state index contributed by atoms with van der Waals surface area (Å²) in [7, 11) is -3.15. The Morgan fingerprint density at radius 3 is 2.14 bits per heavy atom. The fourth-order valence-electron chi connectivity index (χ4n) is 2.01. The molecular weight excluding hydrogens is 286 g/mol. The van der Waals surface area contributed by atoms with Crippen LogP contribution in [0.4, 0.5) is 0 Å². The Labute approximate surface area is 125 Å². The van der Waals surface area contributed by atoms with Crippen molar-refractivity contribution in [2.45, 2.75) is 24.4 Å². The topological polar surface area (TPSA) is 66.4 Å². The van der Waals surface area contributed by atoms with E-state index >= 15 is 0 Å². The lowest BCUT2D eigenvalue weighted by molar-refractivity contribution is 0.474. The van der Waals surface area contributed by atoms with Gasteiger partial charge in [0.15, 0.2) is 9.84 Å². The molecule has 0 heterocycles. The van der Waals surface area contributed by atoms with E-state index in [0.717, 1.165) is 11.1 Å². The first kappa shape index (κ1) is 15.5. The largest absolute Gasteiger partial charge is 0.508 e. The van der Waals surface area contributed by atoms with E-state index in [1.54, 1.807) is 24.3 Å². The van der Waals surface area contributed by atoms with Gasteiger partial charge in [0, 0.05) is 18.8 Å². The van der Waals surface area contributed by atoms with Crippen molar-refractivity contribution in [1.29, 1.82) is 0 Å². The van der Waals surface area contributed by atoms with E-state index in [0.29, 0.717) is 11.4 Å². The van der Waals surface area contributed by atoms with Crippen LogP contribution in [0.5, 0.6) is 5.75 Å². The summed E-state index contributed by atoms with van der Waals surface area (Å²) in [5, 5.41) is 12.6. The van der Waals surface area contributed by atoms with Gasteiger partial charge in [0.2, 0.25) is 0 Å². The Balaban J connectivity index is 2.00. The van der Waals surface area contributed by atoms with Gasteiger partial charge < -0.3 is 10.4 Å². The van der Waals surface area contributed by atoms with E-state index in [1.807, 2.05) is 31.2 Å². The number of benzene rings is 2. The number of sulfone groups is 1. The molecule has 21 heavy (non-hydrogen) atoms. The van der Waals surface area contributed by atoms with E-state index in [4.69, 9.17) is 0 Å². The summed E-state index contributed by atoms with van der Waals surface area (Å²) in [5.41, 5.74) is 2.11. The number of nitrogens with one attached hydrogen (secondary N) is 1. The van der Waals surface area contributed by atoms with Gasteiger partial charge in [-0.15, -0.1) is 0 Å². The van der Waals surface area contributed by atoms with Crippen molar-refractivity contribution in [3.8, 4) is 5.75 Å². The van der Waals surface area contributed by atoms with Crippen LogP contribution >= 0.6 is 0 Å². The molecule has 0 aromatic heterocycles. The zero-order chi connectivity index (χ0) is 15.5. The van der Waals surface area contributed by atoms with Crippen molar-refractivity contribution < 1.29 is 13.5 Å². The van der Waals surface area contributed by atoms with E-state index < -0.39 is 9.84 Å². The summed E-state index contributed by atoms with van der Waals surface area (Å²) in [6.07, 6.45) is 1.20. The highest BCUT2D eigenvalue weighted by molar-refractivity contribution is 7.90. The van der Waals surface area contributed by atoms with Crippen LogP contribution in [0.2, 0.25) is 0 Å². The van der Waals surface area contributed by atoms with E-state index in [1.165, 1.54) is 6.26 Å². The molecule has 0 aliphatic carbocycles. The SMILES string of the molecule is CC(NCc1ccc(O)cc1)c1ccc(S(C)(=O)=O)cc1. The highest BCUT2D eigenvalue weighted by Crippen LogP contribution is 2.17. The van der Waals surface area contributed by atoms with Gasteiger partial charge in [0.1, 0.15) is 5.75 Å². The fourth-order valence-corrected chi connectivity index (χ4v) is 2.64. The van der Waals surface area contributed by atoms with Gasteiger partial charge in [0.05, 0.1) is 4.90 Å². The van der Waals surface area contributed by atoms with Crippen LogP contribution in [0.15, 0.2) is 53.4 Å². The molecule has 112 valence electrons. The molecule has 1 unspecified atom stereocenters. The summed E-state index contributed by atoms with van der Waals surface area (Å²) in [6.45, 7) is 2.70. The van der Waals surface area contributed by atoms with E-state index in [2.05, 4.69) is 5.32 Å². The van der Waals surface area contributed by atoms with Crippen molar-refractivity contribution in [3.63, 3.8) is 0 Å². The Hall–Kier alpha value is -1.85. The van der Waals surface area contributed by atoms with Gasteiger partial charge in [-0.3, -0.25) is 0 Å². The molecular formula is C16H19NO3S. The predicted octanol–water partition coefficient (Wildman–Crippen LogP) is 2.65. The number of hydrogen-bond acceptors (Lipinski definition) is 4. The lowest BCUT2D eigenvalue weighted by Crippen LogP contribution is -2.18. The molecule has 4 nitrogen and oxygen atoms in total. The molecule has 2 rings (SSSR count). The molecule has 5 heteroatoms. The van der Waals surface area contributed by atoms with E-state index in [-0.39, 0.29) is 11.8 Å². The summed E-state index contributed by atoms with van der Waals surface area (Å²) >= 11 is 0. The minimum Gasteiger partial charge on any atom is -0.508 e. The van der Waals surface area contributed by atoms with Gasteiger partial charge in [-0.25, -0.2) is 8.42 Å². The predicted molar refractivity (Wildman–Crippen MR) is 82.9 cm³/mol. The number of phenolic OH excluding ortho intramolecular Hbond substituents is 1. The highest BCUT2D eigenvalue weighted by atomic mass is 32.2. The normalized spacial score (nSPS) is 13.0. The van der Waals surface area contributed by atoms with Gasteiger partial charge in [-0.2, -0.15) is 0 Å². The Bertz CT molecular complexity index is 691. The third-order valence-electron chi connectivity index (χ3n) is 3.36. The van der Waals surface area contributed by atoms with Crippen molar-refractivity contribution in [2.75, 3.05) is 6.26 Å². The molecule has 0 aliphatic rings. The minimum atomic E-state index is -3.15. The van der Waals surface area contributed by atoms with Gasteiger partial charge >= 0.3 is 0 Å². The number of hydrogen-bond donors (Lipinski definition) is 2. The minimum absolute atomic E-state index is 0.104. The van der Waals surface area contributed by atoms with Gasteiger partial charge in [0.25, 0.3) is 0 Å². The average Bonchev–Trinajstić information content (AvgIpc) is 2.45. The summed E-state index contributed by atoms with van der Waals surface area (Å²) in [6, 6.07) is 14.0. The fraction of sp³-hybridized carbons (Fsp3) is 0.250. The molecule has 0 bridgehead atoms. The summed E-state index contributed by atoms with van der Waals surface area (Å²) in [4.78, 5) is 0.331. The second kappa shape index (κ2) is 6.28. The van der Waals surface area contributed by atoms with Crippen LogP contribution in [0.25, 0.3) is 0 Å². The number of phenols is 1.